The molecule has 1 amide bonds. The molecule has 0 radical (unpaired) electrons. The molecule has 2 fully saturated rings. The van der Waals surface area contributed by atoms with E-state index in [1.54, 1.807) is 7.11 Å². The van der Waals surface area contributed by atoms with Gasteiger partial charge in [-0.1, -0.05) is 30.8 Å². The average molecular weight is 421 g/mol. The van der Waals surface area contributed by atoms with Crippen LogP contribution in [-0.4, -0.2) is 59.3 Å². The molecule has 2 aromatic rings. The molecule has 31 heavy (non-hydrogen) atoms. The van der Waals surface area contributed by atoms with Crippen LogP contribution in [0.25, 0.3) is 0 Å². The predicted octanol–water partition coefficient (Wildman–Crippen LogP) is 2.23. The highest BCUT2D eigenvalue weighted by Crippen LogP contribution is 2.41. The molecule has 3 atom stereocenters. The zero-order valence-electron chi connectivity index (χ0n) is 17.9. The van der Waals surface area contributed by atoms with E-state index >= 15 is 0 Å². The normalized spacial score (nSPS) is 21.9. The Balaban J connectivity index is 1.64. The van der Waals surface area contributed by atoms with Gasteiger partial charge in [0, 0.05) is 26.3 Å². The molecule has 1 aromatic heterocycles. The lowest BCUT2D eigenvalue weighted by Crippen LogP contribution is -2.51. The van der Waals surface area contributed by atoms with Gasteiger partial charge >= 0.3 is 0 Å². The van der Waals surface area contributed by atoms with E-state index in [4.69, 9.17) is 15.9 Å². The molecule has 2 heterocycles. The number of carbonyl (C=O) groups is 1. The van der Waals surface area contributed by atoms with Gasteiger partial charge in [-0.25, -0.2) is 9.97 Å². The van der Waals surface area contributed by atoms with Gasteiger partial charge in [0.25, 0.3) is 0 Å². The number of likely N-dealkylation sites (N-methyl/N-ethyl adjacent to an activating group) is 1. The van der Waals surface area contributed by atoms with Crippen LogP contribution in [-0.2, 0) is 16.1 Å². The zero-order valence-corrected chi connectivity index (χ0v) is 17.9. The van der Waals surface area contributed by atoms with Gasteiger partial charge in [-0.05, 0) is 30.4 Å². The topological polar surface area (TPSA) is 108 Å². The number of piperidine rings is 1. The third kappa shape index (κ3) is 3.79. The van der Waals surface area contributed by atoms with Crippen molar-refractivity contribution in [2.75, 3.05) is 31.3 Å². The van der Waals surface area contributed by atoms with Crippen molar-refractivity contribution in [3.8, 4) is 0 Å². The molecule has 8 nitrogen and oxygen atoms in total. The summed E-state index contributed by atoms with van der Waals surface area (Å²) in [5, 5.41) is 8.83. The van der Waals surface area contributed by atoms with Crippen molar-refractivity contribution >= 4 is 23.3 Å². The standard InChI is InChI=1S/C23H28N6O2/c1-4-19(30)29-11-15-9-17(18(29)10-15)28(2)23-20(22(25)26-13-27-23)21(24)16-7-5-14(6-8-16)12-31-3/h4-8,13,15,17-18,24H,1,9-12H2,2-3H3,(H2,25,26,27). The molecule has 4 rings (SSSR count). The summed E-state index contributed by atoms with van der Waals surface area (Å²) in [6, 6.07) is 7.85. The van der Waals surface area contributed by atoms with Gasteiger partial charge in [-0.15, -0.1) is 0 Å². The van der Waals surface area contributed by atoms with E-state index in [1.807, 2.05) is 36.2 Å². The van der Waals surface area contributed by atoms with Crippen LogP contribution in [0.5, 0.6) is 0 Å². The van der Waals surface area contributed by atoms with Crippen molar-refractivity contribution in [2.24, 2.45) is 5.92 Å². The number of benzene rings is 1. The molecule has 8 heteroatoms. The number of nitrogen functional groups attached to an aromatic ring is 1. The summed E-state index contributed by atoms with van der Waals surface area (Å²) in [7, 11) is 3.61. The fourth-order valence-corrected chi connectivity index (χ4v) is 4.91. The molecule has 1 saturated heterocycles. The Kier molecular flexibility index (Phi) is 5.73. The molecule has 162 valence electrons. The molecule has 1 aromatic carbocycles. The molecule has 0 spiro atoms. The van der Waals surface area contributed by atoms with Crippen molar-refractivity contribution < 1.29 is 9.53 Å². The molecule has 3 N–H and O–H groups in total. The summed E-state index contributed by atoms with van der Waals surface area (Å²) in [5.74, 6) is 1.32. The number of anilines is 2. The van der Waals surface area contributed by atoms with E-state index in [2.05, 4.69) is 21.4 Å². The summed E-state index contributed by atoms with van der Waals surface area (Å²) in [6.07, 6.45) is 4.77. The maximum Gasteiger partial charge on any atom is 0.246 e. The molecular weight excluding hydrogens is 392 g/mol. The van der Waals surface area contributed by atoms with Crippen LogP contribution in [0, 0.1) is 11.3 Å². The van der Waals surface area contributed by atoms with Crippen LogP contribution in [0.1, 0.15) is 29.5 Å². The molecule has 3 unspecified atom stereocenters. The SMILES string of the molecule is C=CC(=O)N1CC2CC1C(N(C)c1ncnc(N)c1C(=N)c1ccc(COC)cc1)C2. The second kappa shape index (κ2) is 8.47. The lowest BCUT2D eigenvalue weighted by molar-refractivity contribution is -0.127. The summed E-state index contributed by atoms with van der Waals surface area (Å²) in [5.41, 5.74) is 8.77. The average Bonchev–Trinajstić information content (AvgIpc) is 3.39. The number of nitrogens with one attached hydrogen (secondary N) is 1. The lowest BCUT2D eigenvalue weighted by Gasteiger charge is -2.39. The number of ether oxygens (including phenoxy) is 1. The van der Waals surface area contributed by atoms with E-state index in [1.165, 1.54) is 12.4 Å². The molecule has 1 aliphatic heterocycles. The third-order valence-corrected chi connectivity index (χ3v) is 6.40. The minimum absolute atomic E-state index is 0.0306. The number of fused-ring (bicyclic) bond motifs is 2. The van der Waals surface area contributed by atoms with Gasteiger partial charge < -0.3 is 20.3 Å². The summed E-state index contributed by atoms with van der Waals surface area (Å²) in [6.45, 7) is 4.94. The van der Waals surface area contributed by atoms with E-state index in [0.717, 1.165) is 30.5 Å². The van der Waals surface area contributed by atoms with Gasteiger partial charge in [0.1, 0.15) is 18.0 Å². The van der Waals surface area contributed by atoms with Crippen molar-refractivity contribution in [1.29, 1.82) is 5.41 Å². The first-order valence-electron chi connectivity index (χ1n) is 10.4. The number of carbonyl (C=O) groups excluding carboxylic acids is 1. The number of methoxy groups -OCH3 is 1. The number of hydrogen-bond donors (Lipinski definition) is 2. The van der Waals surface area contributed by atoms with Crippen LogP contribution < -0.4 is 10.6 Å². The number of nitrogens with two attached hydrogens (primary N) is 1. The summed E-state index contributed by atoms with van der Waals surface area (Å²) < 4.78 is 5.16. The molecule has 1 saturated carbocycles. The Bertz CT molecular complexity index is 1010. The summed E-state index contributed by atoms with van der Waals surface area (Å²) >= 11 is 0. The van der Waals surface area contributed by atoms with E-state index < -0.39 is 0 Å². The van der Waals surface area contributed by atoms with Crippen LogP contribution in [0.3, 0.4) is 0 Å². The van der Waals surface area contributed by atoms with Crippen molar-refractivity contribution in [3.05, 3.63) is 59.9 Å². The Labute approximate surface area is 182 Å². The minimum atomic E-state index is -0.0306. The van der Waals surface area contributed by atoms with Crippen molar-refractivity contribution in [1.82, 2.24) is 14.9 Å². The maximum atomic E-state index is 12.3. The fourth-order valence-electron chi connectivity index (χ4n) is 4.91. The van der Waals surface area contributed by atoms with Crippen LogP contribution in [0.15, 0.2) is 43.2 Å². The molecular formula is C23H28N6O2. The van der Waals surface area contributed by atoms with Gasteiger partial charge in [0.15, 0.2) is 0 Å². The number of nitrogens with zero attached hydrogens (tertiary/aromatic N) is 4. The monoisotopic (exact) mass is 420 g/mol. The highest BCUT2D eigenvalue weighted by molar-refractivity contribution is 6.16. The quantitative estimate of drug-likeness (QED) is 0.525. The van der Waals surface area contributed by atoms with Gasteiger partial charge in [0.2, 0.25) is 5.91 Å². The molecule has 1 aliphatic carbocycles. The summed E-state index contributed by atoms with van der Waals surface area (Å²) in [4.78, 5) is 24.9. The van der Waals surface area contributed by atoms with Gasteiger partial charge in [-0.2, -0.15) is 0 Å². The first kappa shape index (κ1) is 21.0. The Morgan fingerprint density at radius 2 is 2.10 bits per heavy atom. The second-order valence-corrected chi connectivity index (χ2v) is 8.24. The van der Waals surface area contributed by atoms with Crippen molar-refractivity contribution in [3.63, 3.8) is 0 Å². The number of amides is 1. The number of likely N-dealkylation sites (tertiary alicyclic amines) is 1. The zero-order chi connectivity index (χ0) is 22.1. The third-order valence-electron chi connectivity index (χ3n) is 6.40. The van der Waals surface area contributed by atoms with Crippen molar-refractivity contribution in [2.45, 2.75) is 31.5 Å². The number of hydrogen-bond acceptors (Lipinski definition) is 7. The lowest BCUT2D eigenvalue weighted by atomic mass is 9.99. The highest BCUT2D eigenvalue weighted by Gasteiger charge is 2.48. The van der Waals surface area contributed by atoms with E-state index in [-0.39, 0.29) is 29.5 Å². The second-order valence-electron chi connectivity index (χ2n) is 8.24. The molecule has 2 bridgehead atoms. The van der Waals surface area contributed by atoms with Gasteiger partial charge in [0.05, 0.1) is 30.0 Å². The maximum absolute atomic E-state index is 12.3. The molecule has 2 aliphatic rings. The smallest absolute Gasteiger partial charge is 0.246 e. The number of aromatic nitrogens is 2. The van der Waals surface area contributed by atoms with Gasteiger partial charge in [-0.3, -0.25) is 10.2 Å². The minimum Gasteiger partial charge on any atom is -0.383 e. The first-order valence-corrected chi connectivity index (χ1v) is 10.4. The van der Waals surface area contributed by atoms with Crippen LogP contribution in [0.4, 0.5) is 11.6 Å². The van der Waals surface area contributed by atoms with Crippen LogP contribution >= 0.6 is 0 Å². The Hall–Kier alpha value is -3.26. The Morgan fingerprint density at radius 3 is 2.74 bits per heavy atom. The fraction of sp³-hybridized carbons (Fsp3) is 0.391. The highest BCUT2D eigenvalue weighted by atomic mass is 16.5. The Morgan fingerprint density at radius 1 is 1.35 bits per heavy atom. The van der Waals surface area contributed by atoms with Crippen LogP contribution in [0.2, 0.25) is 0 Å². The first-order chi connectivity index (χ1) is 14.9. The number of rotatable bonds is 7. The largest absolute Gasteiger partial charge is 0.383 e. The van der Waals surface area contributed by atoms with E-state index in [0.29, 0.717) is 23.9 Å². The van der Waals surface area contributed by atoms with E-state index in [9.17, 15) is 4.79 Å². The predicted molar refractivity (Wildman–Crippen MR) is 120 cm³/mol.